The maximum absolute atomic E-state index is 13.4. The third kappa shape index (κ3) is 4.06. The molecule has 2 atom stereocenters. The van der Waals surface area contributed by atoms with E-state index in [9.17, 15) is 8.78 Å². The Morgan fingerprint density at radius 1 is 1.31 bits per heavy atom. The van der Waals surface area contributed by atoms with E-state index in [0.29, 0.717) is 18.3 Å². The number of ether oxygens (including phenoxy) is 1. The predicted octanol–water partition coefficient (Wildman–Crippen LogP) is 3.53. The van der Waals surface area contributed by atoms with Crippen LogP contribution in [-0.2, 0) is 4.74 Å². The van der Waals surface area contributed by atoms with Crippen LogP contribution < -0.4 is 5.32 Å². The average molecular weight is 371 g/mol. The lowest BCUT2D eigenvalue weighted by Gasteiger charge is -2.41. The van der Waals surface area contributed by atoms with Gasteiger partial charge in [-0.15, -0.1) is 5.10 Å². The molecule has 2 aliphatic rings. The first-order valence-electron chi connectivity index (χ1n) is 9.71. The summed E-state index contributed by atoms with van der Waals surface area (Å²) >= 11 is 0. The Hall–Kier alpha value is -1.15. The Labute approximate surface area is 154 Å². The van der Waals surface area contributed by atoms with Crippen LogP contribution in [0.2, 0.25) is 0 Å². The number of rotatable bonds is 7. The van der Waals surface area contributed by atoms with Gasteiger partial charge in [-0.05, 0) is 41.0 Å². The van der Waals surface area contributed by atoms with Crippen LogP contribution in [0.15, 0.2) is 0 Å². The maximum Gasteiger partial charge on any atom is 0.252 e. The van der Waals surface area contributed by atoms with E-state index in [2.05, 4.69) is 48.5 Å². The van der Waals surface area contributed by atoms with Gasteiger partial charge in [0.1, 0.15) is 0 Å². The number of alkyl halides is 2. The van der Waals surface area contributed by atoms with Crippen molar-refractivity contribution >= 4 is 0 Å². The lowest BCUT2D eigenvalue weighted by Crippen LogP contribution is -2.45. The van der Waals surface area contributed by atoms with Crippen molar-refractivity contribution in [2.24, 2.45) is 11.3 Å². The van der Waals surface area contributed by atoms with E-state index in [0.717, 1.165) is 19.4 Å². The molecule has 1 aromatic rings. The topological polar surface area (TPSA) is 64.9 Å². The van der Waals surface area contributed by atoms with E-state index < -0.39 is 5.92 Å². The molecule has 2 unspecified atom stereocenters. The molecule has 1 saturated carbocycles. The number of nitrogens with one attached hydrogen (secondary N) is 1. The molecular formula is C18H31F2N5O. The molecule has 1 saturated heterocycles. The highest BCUT2D eigenvalue weighted by Gasteiger charge is 2.49. The van der Waals surface area contributed by atoms with Gasteiger partial charge >= 0.3 is 0 Å². The summed E-state index contributed by atoms with van der Waals surface area (Å²) < 4.78 is 34.2. The first kappa shape index (κ1) is 19.6. The van der Waals surface area contributed by atoms with Crippen molar-refractivity contribution in [3.05, 3.63) is 5.82 Å². The van der Waals surface area contributed by atoms with Crippen LogP contribution >= 0.6 is 0 Å². The van der Waals surface area contributed by atoms with Crippen LogP contribution in [0.1, 0.15) is 77.7 Å². The van der Waals surface area contributed by atoms with Gasteiger partial charge in [0.2, 0.25) is 0 Å². The second-order valence-electron chi connectivity index (χ2n) is 8.71. The highest BCUT2D eigenvalue weighted by atomic mass is 19.3. The Bertz CT molecular complexity index is 590. The highest BCUT2D eigenvalue weighted by Crippen LogP contribution is 2.47. The summed E-state index contributed by atoms with van der Waals surface area (Å²) in [6.45, 7) is 10.2. The molecule has 0 aromatic carbocycles. The van der Waals surface area contributed by atoms with Crippen molar-refractivity contribution in [2.75, 3.05) is 13.2 Å². The second kappa shape index (κ2) is 7.46. The fourth-order valence-electron chi connectivity index (χ4n) is 3.69. The Morgan fingerprint density at radius 3 is 2.62 bits per heavy atom. The fourth-order valence-corrected chi connectivity index (χ4v) is 3.69. The Morgan fingerprint density at radius 2 is 2.04 bits per heavy atom. The molecule has 0 spiro atoms. The van der Waals surface area contributed by atoms with Crippen molar-refractivity contribution in [3.8, 4) is 0 Å². The minimum absolute atomic E-state index is 0.128. The van der Waals surface area contributed by atoms with E-state index in [4.69, 9.17) is 4.74 Å². The lowest BCUT2D eigenvalue weighted by atomic mass is 9.74. The van der Waals surface area contributed by atoms with Crippen LogP contribution in [0.5, 0.6) is 0 Å². The summed E-state index contributed by atoms with van der Waals surface area (Å²) in [7, 11) is 0. The largest absolute Gasteiger partial charge is 0.377 e. The monoisotopic (exact) mass is 371 g/mol. The van der Waals surface area contributed by atoms with Crippen molar-refractivity contribution in [3.63, 3.8) is 0 Å². The van der Waals surface area contributed by atoms with Crippen molar-refractivity contribution in [2.45, 2.75) is 83.9 Å². The summed E-state index contributed by atoms with van der Waals surface area (Å²) in [4.78, 5) is 0. The van der Waals surface area contributed by atoms with Gasteiger partial charge in [0.15, 0.2) is 5.82 Å². The standard InChI is InChI=1S/C18H31F2N5O/c1-12(2)17(3,4)15(21-11-14-7-5-6-8-26-14)16-22-23-24-25(16)13-9-18(19,20)10-13/h12-15,21H,5-11H2,1-4H3. The normalized spacial score (nSPS) is 25.3. The summed E-state index contributed by atoms with van der Waals surface area (Å²) in [5, 5.41) is 15.7. The smallest absolute Gasteiger partial charge is 0.252 e. The van der Waals surface area contributed by atoms with Gasteiger partial charge in [-0.2, -0.15) is 0 Å². The molecule has 1 aliphatic carbocycles. The van der Waals surface area contributed by atoms with Gasteiger partial charge in [-0.1, -0.05) is 27.7 Å². The molecule has 26 heavy (non-hydrogen) atoms. The van der Waals surface area contributed by atoms with Gasteiger partial charge < -0.3 is 10.1 Å². The van der Waals surface area contributed by atoms with E-state index in [1.165, 1.54) is 6.42 Å². The second-order valence-corrected chi connectivity index (χ2v) is 8.71. The fraction of sp³-hybridized carbons (Fsp3) is 0.944. The minimum Gasteiger partial charge on any atom is -0.377 e. The molecule has 0 amide bonds. The summed E-state index contributed by atoms with van der Waals surface area (Å²) in [5.74, 6) is -1.58. The van der Waals surface area contributed by atoms with E-state index >= 15 is 0 Å². The molecule has 148 valence electrons. The maximum atomic E-state index is 13.4. The molecule has 0 radical (unpaired) electrons. The number of hydrogen-bond acceptors (Lipinski definition) is 5. The summed E-state index contributed by atoms with van der Waals surface area (Å²) in [5.41, 5.74) is -0.145. The molecule has 2 heterocycles. The third-order valence-electron chi connectivity index (χ3n) is 6.25. The minimum atomic E-state index is -2.60. The molecule has 3 rings (SSSR count). The van der Waals surface area contributed by atoms with E-state index in [1.54, 1.807) is 4.68 Å². The van der Waals surface area contributed by atoms with E-state index in [1.807, 2.05) is 0 Å². The van der Waals surface area contributed by atoms with Crippen molar-refractivity contribution < 1.29 is 13.5 Å². The van der Waals surface area contributed by atoms with Crippen LogP contribution in [0.4, 0.5) is 8.78 Å². The SMILES string of the molecule is CC(C)C(C)(C)C(NCC1CCCCO1)c1nnnn1C1CC(F)(F)C1. The van der Waals surface area contributed by atoms with Crippen molar-refractivity contribution in [1.82, 2.24) is 25.5 Å². The third-order valence-corrected chi connectivity index (χ3v) is 6.25. The van der Waals surface area contributed by atoms with Crippen LogP contribution in [0.3, 0.4) is 0 Å². The summed E-state index contributed by atoms with van der Waals surface area (Å²) in [6.07, 6.45) is 3.15. The Balaban J connectivity index is 1.78. The average Bonchev–Trinajstić information content (AvgIpc) is 3.02. The molecule has 8 heteroatoms. The van der Waals surface area contributed by atoms with Crippen molar-refractivity contribution in [1.29, 1.82) is 0 Å². The predicted molar refractivity (Wildman–Crippen MR) is 94.0 cm³/mol. The molecule has 1 aromatic heterocycles. The van der Waals surface area contributed by atoms with Gasteiger partial charge in [0, 0.05) is 26.0 Å². The number of hydrogen-bond donors (Lipinski definition) is 1. The molecular weight excluding hydrogens is 340 g/mol. The van der Waals surface area contributed by atoms with Crippen LogP contribution in [0.25, 0.3) is 0 Å². The molecule has 2 fully saturated rings. The Kier molecular flexibility index (Phi) is 5.63. The number of tetrazole rings is 1. The molecule has 1 N–H and O–H groups in total. The molecule has 1 aliphatic heterocycles. The molecule has 0 bridgehead atoms. The van der Waals surface area contributed by atoms with Crippen LogP contribution in [0, 0.1) is 11.3 Å². The highest BCUT2D eigenvalue weighted by molar-refractivity contribution is 5.05. The zero-order chi connectivity index (χ0) is 18.9. The van der Waals surface area contributed by atoms with E-state index in [-0.39, 0.29) is 36.4 Å². The lowest BCUT2D eigenvalue weighted by molar-refractivity contribution is -0.108. The van der Waals surface area contributed by atoms with Gasteiger partial charge in [-0.3, -0.25) is 0 Å². The number of nitrogens with zero attached hydrogens (tertiary/aromatic N) is 4. The zero-order valence-corrected chi connectivity index (χ0v) is 16.2. The van der Waals surface area contributed by atoms with Gasteiger partial charge in [0.05, 0.1) is 18.2 Å². The zero-order valence-electron chi connectivity index (χ0n) is 16.2. The quantitative estimate of drug-likeness (QED) is 0.794. The first-order valence-corrected chi connectivity index (χ1v) is 9.71. The van der Waals surface area contributed by atoms with Gasteiger partial charge in [0.25, 0.3) is 5.92 Å². The van der Waals surface area contributed by atoms with Gasteiger partial charge in [-0.25, -0.2) is 13.5 Å². The molecule has 6 nitrogen and oxygen atoms in total. The van der Waals surface area contributed by atoms with Crippen LogP contribution in [-0.4, -0.2) is 45.4 Å². The number of halogens is 2. The summed E-state index contributed by atoms with van der Waals surface area (Å²) in [6, 6.07) is -0.453. The first-order chi connectivity index (χ1) is 12.2. The number of aromatic nitrogens is 4.